The van der Waals surface area contributed by atoms with Gasteiger partial charge in [-0.15, -0.1) is 0 Å². The summed E-state index contributed by atoms with van der Waals surface area (Å²) >= 11 is 0. The van der Waals surface area contributed by atoms with Gasteiger partial charge >= 0.3 is 0 Å². The van der Waals surface area contributed by atoms with Gasteiger partial charge in [-0.1, -0.05) is 18.2 Å². The Morgan fingerprint density at radius 1 is 0.960 bits per heavy atom. The minimum absolute atomic E-state index is 0.172. The Hall–Kier alpha value is -2.95. The van der Waals surface area contributed by atoms with Crippen LogP contribution in [-0.2, 0) is 0 Å². The molecule has 0 atom stereocenters. The number of para-hydroxylation sites is 1. The largest absolute Gasteiger partial charge is 0.357 e. The van der Waals surface area contributed by atoms with E-state index in [0.29, 0.717) is 11.3 Å². The van der Waals surface area contributed by atoms with Gasteiger partial charge in [0.2, 0.25) is 0 Å². The maximum atomic E-state index is 12.4. The van der Waals surface area contributed by atoms with Gasteiger partial charge in [-0.25, -0.2) is 4.98 Å². The lowest BCUT2D eigenvalue weighted by molar-refractivity contribution is 0.102. The molecule has 5 nitrogen and oxygen atoms in total. The normalized spacial score (nSPS) is 14.5. The Balaban J connectivity index is 1.48. The molecule has 0 radical (unpaired) electrons. The van der Waals surface area contributed by atoms with Crippen molar-refractivity contribution in [2.45, 2.75) is 19.3 Å². The molecular formula is C20H20N4O. The number of hydrogen-bond donors (Lipinski definition) is 1. The zero-order chi connectivity index (χ0) is 17.1. The molecule has 5 heteroatoms. The third-order valence-electron chi connectivity index (χ3n) is 4.54. The van der Waals surface area contributed by atoms with E-state index in [9.17, 15) is 4.79 Å². The molecule has 0 unspecified atom stereocenters. The Kier molecular flexibility index (Phi) is 4.29. The van der Waals surface area contributed by atoms with Crippen molar-refractivity contribution < 1.29 is 4.79 Å². The summed E-state index contributed by atoms with van der Waals surface area (Å²) in [4.78, 5) is 23.6. The molecule has 0 aliphatic carbocycles. The highest BCUT2D eigenvalue weighted by Gasteiger charge is 2.13. The van der Waals surface area contributed by atoms with Crippen molar-refractivity contribution in [3.8, 4) is 0 Å². The molecule has 4 rings (SSSR count). The fourth-order valence-corrected chi connectivity index (χ4v) is 3.17. The van der Waals surface area contributed by atoms with Crippen LogP contribution in [0, 0.1) is 0 Å². The molecule has 3 aromatic rings. The van der Waals surface area contributed by atoms with Crippen LogP contribution in [0.4, 0.5) is 11.5 Å². The third-order valence-corrected chi connectivity index (χ3v) is 4.54. The lowest BCUT2D eigenvalue weighted by atomic mass is 10.1. The molecule has 25 heavy (non-hydrogen) atoms. The van der Waals surface area contributed by atoms with Gasteiger partial charge in [-0.05, 0) is 43.5 Å². The Morgan fingerprint density at radius 3 is 2.60 bits per heavy atom. The molecule has 1 aliphatic heterocycles. The second-order valence-corrected chi connectivity index (χ2v) is 6.32. The van der Waals surface area contributed by atoms with Crippen LogP contribution >= 0.6 is 0 Å². The molecule has 1 N–H and O–H groups in total. The second kappa shape index (κ2) is 6.89. The highest BCUT2D eigenvalue weighted by Crippen LogP contribution is 2.19. The summed E-state index contributed by atoms with van der Waals surface area (Å²) in [5, 5.41) is 3.89. The number of pyridine rings is 2. The minimum Gasteiger partial charge on any atom is -0.357 e. The number of anilines is 2. The maximum absolute atomic E-state index is 12.4. The number of aromatic nitrogens is 2. The van der Waals surface area contributed by atoms with Crippen molar-refractivity contribution in [2.24, 2.45) is 0 Å². The Bertz CT molecular complexity index is 886. The summed E-state index contributed by atoms with van der Waals surface area (Å²) in [6.45, 7) is 2.09. The highest BCUT2D eigenvalue weighted by molar-refractivity contribution is 6.04. The fourth-order valence-electron chi connectivity index (χ4n) is 3.17. The number of carbonyl (C=O) groups excluding carboxylic acids is 1. The molecule has 1 saturated heterocycles. The van der Waals surface area contributed by atoms with Gasteiger partial charge < -0.3 is 10.2 Å². The first-order valence-electron chi connectivity index (χ1n) is 8.67. The fraction of sp³-hybridized carbons (Fsp3) is 0.250. The van der Waals surface area contributed by atoms with Crippen molar-refractivity contribution in [3.63, 3.8) is 0 Å². The van der Waals surface area contributed by atoms with E-state index in [2.05, 4.69) is 20.2 Å². The smallest absolute Gasteiger partial charge is 0.257 e. The van der Waals surface area contributed by atoms with Gasteiger partial charge in [0.15, 0.2) is 0 Å². The van der Waals surface area contributed by atoms with Crippen LogP contribution in [0.2, 0.25) is 0 Å². The number of fused-ring (bicyclic) bond motifs is 1. The van der Waals surface area contributed by atoms with E-state index in [1.54, 1.807) is 12.4 Å². The lowest BCUT2D eigenvalue weighted by Gasteiger charge is -2.27. The molecule has 3 heterocycles. The van der Waals surface area contributed by atoms with E-state index in [1.807, 2.05) is 42.5 Å². The molecule has 1 amide bonds. The number of amides is 1. The maximum Gasteiger partial charge on any atom is 0.257 e. The van der Waals surface area contributed by atoms with Crippen LogP contribution in [-0.4, -0.2) is 29.0 Å². The zero-order valence-electron chi connectivity index (χ0n) is 14.0. The highest BCUT2D eigenvalue weighted by atomic mass is 16.1. The number of benzene rings is 1. The van der Waals surface area contributed by atoms with Gasteiger partial charge in [-0.3, -0.25) is 9.78 Å². The monoisotopic (exact) mass is 332 g/mol. The third kappa shape index (κ3) is 3.45. The Labute approximate surface area is 146 Å². The average Bonchev–Trinajstić information content (AvgIpc) is 2.69. The quantitative estimate of drug-likeness (QED) is 0.791. The number of carbonyl (C=O) groups is 1. The van der Waals surface area contributed by atoms with Crippen LogP contribution in [0.15, 0.2) is 54.9 Å². The number of piperidine rings is 1. The van der Waals surface area contributed by atoms with Gasteiger partial charge in [0.1, 0.15) is 5.82 Å². The van der Waals surface area contributed by atoms with Crippen molar-refractivity contribution in [1.29, 1.82) is 0 Å². The van der Waals surface area contributed by atoms with Crippen molar-refractivity contribution in [1.82, 2.24) is 9.97 Å². The van der Waals surface area contributed by atoms with Crippen LogP contribution in [0.3, 0.4) is 0 Å². The minimum atomic E-state index is -0.172. The predicted molar refractivity (Wildman–Crippen MR) is 100.0 cm³/mol. The van der Waals surface area contributed by atoms with Crippen LogP contribution in [0.5, 0.6) is 0 Å². The SMILES string of the molecule is O=C(Nc1cnc2ccccc2c1)c1ccc(N2CCCCC2)nc1. The van der Waals surface area contributed by atoms with E-state index >= 15 is 0 Å². The molecular weight excluding hydrogens is 312 g/mol. The van der Waals surface area contributed by atoms with E-state index < -0.39 is 0 Å². The molecule has 1 aliphatic rings. The topological polar surface area (TPSA) is 58.1 Å². The molecule has 1 fully saturated rings. The van der Waals surface area contributed by atoms with Gasteiger partial charge in [0.25, 0.3) is 5.91 Å². The summed E-state index contributed by atoms with van der Waals surface area (Å²) in [7, 11) is 0. The number of rotatable bonds is 3. The summed E-state index contributed by atoms with van der Waals surface area (Å²) in [5.41, 5.74) is 2.14. The summed E-state index contributed by atoms with van der Waals surface area (Å²) in [6.07, 6.45) is 7.03. The summed E-state index contributed by atoms with van der Waals surface area (Å²) in [5.74, 6) is 0.776. The molecule has 0 spiro atoms. The predicted octanol–water partition coefficient (Wildman–Crippen LogP) is 3.87. The number of nitrogens with zero attached hydrogens (tertiary/aromatic N) is 3. The lowest BCUT2D eigenvalue weighted by Crippen LogP contribution is -2.30. The van der Waals surface area contributed by atoms with Crippen molar-refractivity contribution in [2.75, 3.05) is 23.3 Å². The number of hydrogen-bond acceptors (Lipinski definition) is 4. The van der Waals surface area contributed by atoms with Crippen LogP contribution in [0.1, 0.15) is 29.6 Å². The van der Waals surface area contributed by atoms with Gasteiger partial charge in [-0.2, -0.15) is 0 Å². The first-order valence-corrected chi connectivity index (χ1v) is 8.67. The van der Waals surface area contributed by atoms with Crippen molar-refractivity contribution >= 4 is 28.3 Å². The van der Waals surface area contributed by atoms with E-state index in [-0.39, 0.29) is 5.91 Å². The number of nitrogens with one attached hydrogen (secondary N) is 1. The van der Waals surface area contributed by atoms with Crippen LogP contribution in [0.25, 0.3) is 10.9 Å². The molecule has 126 valence electrons. The standard InChI is InChI=1S/C20H20N4O/c25-20(23-17-12-15-6-2-3-7-18(15)21-14-17)16-8-9-19(22-13-16)24-10-4-1-5-11-24/h2-3,6-9,12-14H,1,4-5,10-11H2,(H,23,25). The van der Waals surface area contributed by atoms with Gasteiger partial charge in [0, 0.05) is 24.7 Å². The van der Waals surface area contributed by atoms with E-state index in [1.165, 1.54) is 19.3 Å². The van der Waals surface area contributed by atoms with Gasteiger partial charge in [0.05, 0.1) is 23.0 Å². The summed E-state index contributed by atoms with van der Waals surface area (Å²) < 4.78 is 0. The van der Waals surface area contributed by atoms with Crippen LogP contribution < -0.4 is 10.2 Å². The zero-order valence-corrected chi connectivity index (χ0v) is 14.0. The second-order valence-electron chi connectivity index (χ2n) is 6.32. The van der Waals surface area contributed by atoms with E-state index in [0.717, 1.165) is 29.8 Å². The van der Waals surface area contributed by atoms with E-state index in [4.69, 9.17) is 0 Å². The summed E-state index contributed by atoms with van der Waals surface area (Å²) in [6, 6.07) is 13.5. The Morgan fingerprint density at radius 2 is 1.80 bits per heavy atom. The van der Waals surface area contributed by atoms with Crippen molar-refractivity contribution in [3.05, 3.63) is 60.4 Å². The molecule has 1 aromatic carbocycles. The first-order chi connectivity index (χ1) is 12.3. The molecule has 0 bridgehead atoms. The average molecular weight is 332 g/mol. The molecule has 2 aromatic heterocycles. The first kappa shape index (κ1) is 15.6. The molecule has 0 saturated carbocycles.